The number of amides is 1. The van der Waals surface area contributed by atoms with Gasteiger partial charge in [0.05, 0.1) is 23.6 Å². The van der Waals surface area contributed by atoms with E-state index >= 15 is 0 Å². The summed E-state index contributed by atoms with van der Waals surface area (Å²) in [4.78, 5) is 11.6. The Morgan fingerprint density at radius 3 is 2.50 bits per heavy atom. The van der Waals surface area contributed by atoms with Crippen LogP contribution in [0.1, 0.15) is 19.5 Å². The van der Waals surface area contributed by atoms with E-state index in [1.165, 1.54) is 0 Å². The van der Waals surface area contributed by atoms with Crippen molar-refractivity contribution >= 4 is 24.0 Å². The maximum Gasteiger partial charge on any atom is 0.241 e. The second-order valence-corrected chi connectivity index (χ2v) is 4.03. The highest BCUT2D eigenvalue weighted by atomic mass is 35.5. The van der Waals surface area contributed by atoms with Gasteiger partial charge in [-0.3, -0.25) is 9.48 Å². The van der Waals surface area contributed by atoms with Crippen LogP contribution in [-0.4, -0.2) is 21.7 Å². The van der Waals surface area contributed by atoms with Gasteiger partial charge in [0.25, 0.3) is 0 Å². The van der Waals surface area contributed by atoms with E-state index in [4.69, 9.17) is 5.73 Å². The van der Waals surface area contributed by atoms with E-state index in [0.29, 0.717) is 0 Å². The molecule has 1 rings (SSSR count). The second-order valence-electron chi connectivity index (χ2n) is 4.03. The fourth-order valence-corrected chi connectivity index (χ4v) is 1.14. The highest BCUT2D eigenvalue weighted by Crippen LogP contribution is 2.13. The molecule has 0 saturated heterocycles. The molecule has 1 heterocycles. The Hall–Kier alpha value is -1.07. The van der Waals surface area contributed by atoms with E-state index in [-0.39, 0.29) is 24.2 Å². The first-order valence-corrected chi connectivity index (χ1v) is 4.98. The average Bonchev–Trinajstić information content (AvgIpc) is 2.48. The van der Waals surface area contributed by atoms with Crippen molar-refractivity contribution in [3.8, 4) is 0 Å². The van der Waals surface area contributed by atoms with Crippen molar-refractivity contribution in [2.24, 2.45) is 18.7 Å². The maximum atomic E-state index is 11.6. The Bertz CT molecular complexity index is 362. The third-order valence-electron chi connectivity index (χ3n) is 2.51. The fourth-order valence-electron chi connectivity index (χ4n) is 1.14. The van der Waals surface area contributed by atoms with Gasteiger partial charge >= 0.3 is 0 Å². The molecule has 6 heteroatoms. The molecule has 0 radical (unpaired) electrons. The van der Waals surface area contributed by atoms with Gasteiger partial charge in [0, 0.05) is 7.05 Å². The molecule has 3 N–H and O–H groups in total. The summed E-state index contributed by atoms with van der Waals surface area (Å²) in [6, 6.07) is -0.482. The number of hydrogen-bond donors (Lipinski definition) is 2. The zero-order valence-corrected chi connectivity index (χ0v) is 10.8. The van der Waals surface area contributed by atoms with Crippen molar-refractivity contribution < 1.29 is 4.79 Å². The van der Waals surface area contributed by atoms with Gasteiger partial charge in [-0.05, 0) is 12.8 Å². The van der Waals surface area contributed by atoms with Crippen LogP contribution in [-0.2, 0) is 11.8 Å². The van der Waals surface area contributed by atoms with E-state index < -0.39 is 6.04 Å². The number of carbonyl (C=O) groups excluding carboxylic acids is 1. The summed E-state index contributed by atoms with van der Waals surface area (Å²) >= 11 is 0. The highest BCUT2D eigenvalue weighted by molar-refractivity contribution is 5.95. The minimum absolute atomic E-state index is 0. The molecule has 0 aromatic carbocycles. The lowest BCUT2D eigenvalue weighted by Gasteiger charge is -2.14. The van der Waals surface area contributed by atoms with E-state index in [1.54, 1.807) is 10.9 Å². The number of anilines is 1. The van der Waals surface area contributed by atoms with Crippen molar-refractivity contribution in [2.45, 2.75) is 26.8 Å². The number of nitrogens with zero attached hydrogens (tertiary/aromatic N) is 2. The van der Waals surface area contributed by atoms with Crippen LogP contribution < -0.4 is 11.1 Å². The molecule has 1 unspecified atom stereocenters. The van der Waals surface area contributed by atoms with Crippen LogP contribution in [0.25, 0.3) is 0 Å². The van der Waals surface area contributed by atoms with Crippen LogP contribution in [0.3, 0.4) is 0 Å². The highest BCUT2D eigenvalue weighted by Gasteiger charge is 2.18. The SMILES string of the molecule is Cc1c(NC(=O)C(N)C(C)C)cnn1C.Cl. The molecule has 5 nitrogen and oxygen atoms in total. The Labute approximate surface area is 102 Å². The first-order chi connectivity index (χ1) is 6.93. The van der Waals surface area contributed by atoms with Crippen LogP contribution in [0.2, 0.25) is 0 Å². The average molecular weight is 247 g/mol. The van der Waals surface area contributed by atoms with Crippen LogP contribution in [0.15, 0.2) is 6.20 Å². The molecule has 92 valence electrons. The maximum absolute atomic E-state index is 11.6. The lowest BCUT2D eigenvalue weighted by Crippen LogP contribution is -2.39. The third kappa shape index (κ3) is 3.21. The molecule has 0 fully saturated rings. The number of carbonyl (C=O) groups is 1. The standard InChI is InChI=1S/C10H18N4O.ClH/c1-6(2)9(11)10(15)13-8-5-12-14(4)7(8)3;/h5-6,9H,11H2,1-4H3,(H,13,15);1H. The number of aryl methyl sites for hydroxylation is 1. The minimum Gasteiger partial charge on any atom is -0.322 e. The van der Waals surface area contributed by atoms with Gasteiger partial charge < -0.3 is 11.1 Å². The molecule has 0 spiro atoms. The summed E-state index contributed by atoms with van der Waals surface area (Å²) in [5.74, 6) is -0.0388. The summed E-state index contributed by atoms with van der Waals surface area (Å²) in [5, 5.41) is 6.80. The molecule has 1 atom stereocenters. The lowest BCUT2D eigenvalue weighted by molar-refractivity contribution is -0.118. The predicted octanol–water partition coefficient (Wildman–Crippen LogP) is 1.07. The van der Waals surface area contributed by atoms with E-state index in [1.807, 2.05) is 27.8 Å². The molecular formula is C10H19ClN4O. The smallest absolute Gasteiger partial charge is 0.241 e. The zero-order valence-electron chi connectivity index (χ0n) is 10.0. The first kappa shape index (κ1) is 14.9. The Morgan fingerprint density at radius 1 is 1.56 bits per heavy atom. The molecule has 0 aliphatic carbocycles. The molecular weight excluding hydrogens is 228 g/mol. The first-order valence-electron chi connectivity index (χ1n) is 4.98. The largest absolute Gasteiger partial charge is 0.322 e. The molecule has 1 aromatic heterocycles. The lowest BCUT2D eigenvalue weighted by atomic mass is 10.1. The molecule has 0 aliphatic heterocycles. The summed E-state index contributed by atoms with van der Waals surface area (Å²) in [6.45, 7) is 5.73. The fraction of sp³-hybridized carbons (Fsp3) is 0.600. The van der Waals surface area contributed by atoms with E-state index in [9.17, 15) is 4.79 Å². The molecule has 0 aliphatic rings. The molecule has 16 heavy (non-hydrogen) atoms. The Morgan fingerprint density at radius 2 is 2.12 bits per heavy atom. The summed E-state index contributed by atoms with van der Waals surface area (Å²) < 4.78 is 1.70. The van der Waals surface area contributed by atoms with Crippen molar-refractivity contribution in [1.29, 1.82) is 0 Å². The van der Waals surface area contributed by atoms with Crippen LogP contribution in [0, 0.1) is 12.8 Å². The molecule has 1 aromatic rings. The van der Waals surface area contributed by atoms with Crippen molar-refractivity contribution in [3.63, 3.8) is 0 Å². The van der Waals surface area contributed by atoms with Gasteiger partial charge in [-0.1, -0.05) is 13.8 Å². The number of nitrogens with one attached hydrogen (secondary N) is 1. The van der Waals surface area contributed by atoms with Crippen molar-refractivity contribution in [3.05, 3.63) is 11.9 Å². The van der Waals surface area contributed by atoms with Gasteiger partial charge in [0.2, 0.25) is 5.91 Å². The number of halogens is 1. The van der Waals surface area contributed by atoms with Gasteiger partial charge in [-0.2, -0.15) is 5.10 Å². The minimum atomic E-state index is -0.482. The molecule has 0 saturated carbocycles. The zero-order chi connectivity index (χ0) is 11.6. The van der Waals surface area contributed by atoms with Crippen molar-refractivity contribution in [1.82, 2.24) is 9.78 Å². The van der Waals surface area contributed by atoms with Crippen LogP contribution in [0.5, 0.6) is 0 Å². The van der Waals surface area contributed by atoms with Gasteiger partial charge in [0.15, 0.2) is 0 Å². The van der Waals surface area contributed by atoms with E-state index in [2.05, 4.69) is 10.4 Å². The van der Waals surface area contributed by atoms with Gasteiger partial charge in [0.1, 0.15) is 0 Å². The number of rotatable bonds is 3. The van der Waals surface area contributed by atoms with Crippen molar-refractivity contribution in [2.75, 3.05) is 5.32 Å². The number of aromatic nitrogens is 2. The molecule has 1 amide bonds. The summed E-state index contributed by atoms with van der Waals surface area (Å²) in [6.07, 6.45) is 1.63. The monoisotopic (exact) mass is 246 g/mol. The van der Waals surface area contributed by atoms with Gasteiger partial charge in [-0.15, -0.1) is 12.4 Å². The Balaban J connectivity index is 0.00000225. The third-order valence-corrected chi connectivity index (χ3v) is 2.51. The quantitative estimate of drug-likeness (QED) is 0.838. The topological polar surface area (TPSA) is 72.9 Å². The van der Waals surface area contributed by atoms with E-state index in [0.717, 1.165) is 11.4 Å². The van der Waals surface area contributed by atoms with Crippen LogP contribution in [0.4, 0.5) is 5.69 Å². The molecule has 0 bridgehead atoms. The normalized spacial score (nSPS) is 12.1. The second kappa shape index (κ2) is 5.86. The summed E-state index contributed by atoms with van der Waals surface area (Å²) in [5.41, 5.74) is 7.36. The van der Waals surface area contributed by atoms with Crippen LogP contribution >= 0.6 is 12.4 Å². The Kier molecular flexibility index (Phi) is 5.47. The summed E-state index contributed by atoms with van der Waals surface area (Å²) in [7, 11) is 1.83. The number of nitrogens with two attached hydrogens (primary N) is 1. The van der Waals surface area contributed by atoms with Gasteiger partial charge in [-0.25, -0.2) is 0 Å². The number of hydrogen-bond acceptors (Lipinski definition) is 3. The predicted molar refractivity (Wildman–Crippen MR) is 66.6 cm³/mol.